The van der Waals surface area contributed by atoms with Crippen molar-refractivity contribution in [2.45, 2.75) is 43.9 Å². The summed E-state index contributed by atoms with van der Waals surface area (Å²) >= 11 is 3.32. The second-order valence-corrected chi connectivity index (χ2v) is 7.45. The average Bonchev–Trinajstić information content (AvgIpc) is 2.41. The molecule has 6 heteroatoms. The highest BCUT2D eigenvalue weighted by atomic mass is 79.9. The molecular weight excluding hydrogens is 314 g/mol. The highest BCUT2D eigenvalue weighted by Crippen LogP contribution is 2.24. The predicted molar refractivity (Wildman–Crippen MR) is 78.1 cm³/mol. The first-order valence-electron chi connectivity index (χ1n) is 6.30. The third kappa shape index (κ3) is 3.75. The zero-order valence-electron chi connectivity index (χ0n) is 10.4. The molecule has 1 aliphatic rings. The van der Waals surface area contributed by atoms with Crippen LogP contribution in [0.1, 0.15) is 32.6 Å². The Kier molecular flexibility index (Phi) is 5.12. The minimum atomic E-state index is -0.684. The molecule has 0 saturated heterocycles. The molecule has 0 aliphatic heterocycles. The number of nitrogens with zero attached hydrogens (tertiary/aromatic N) is 2. The van der Waals surface area contributed by atoms with Crippen molar-refractivity contribution in [2.75, 3.05) is 11.1 Å². The van der Waals surface area contributed by atoms with Crippen LogP contribution in [0.15, 0.2) is 16.9 Å². The molecule has 18 heavy (non-hydrogen) atoms. The van der Waals surface area contributed by atoms with Crippen molar-refractivity contribution in [1.82, 2.24) is 9.97 Å². The van der Waals surface area contributed by atoms with Crippen LogP contribution >= 0.6 is 15.9 Å². The predicted octanol–water partition coefficient (Wildman–Crippen LogP) is 2.73. The van der Waals surface area contributed by atoms with Crippen LogP contribution in [0.4, 0.5) is 5.95 Å². The molecule has 100 valence electrons. The Bertz CT molecular complexity index is 412. The molecule has 2 rings (SSSR count). The van der Waals surface area contributed by atoms with Crippen LogP contribution in [0.2, 0.25) is 0 Å². The summed E-state index contributed by atoms with van der Waals surface area (Å²) in [6, 6.07) is 0.348. The molecule has 0 amide bonds. The van der Waals surface area contributed by atoms with Crippen LogP contribution in [0.5, 0.6) is 0 Å². The van der Waals surface area contributed by atoms with Crippen molar-refractivity contribution in [2.24, 2.45) is 0 Å². The lowest BCUT2D eigenvalue weighted by Gasteiger charge is -2.28. The molecule has 0 radical (unpaired) electrons. The molecule has 0 bridgehead atoms. The lowest BCUT2D eigenvalue weighted by Crippen LogP contribution is -2.33. The van der Waals surface area contributed by atoms with Gasteiger partial charge in [0.05, 0.1) is 4.47 Å². The van der Waals surface area contributed by atoms with Gasteiger partial charge in [-0.25, -0.2) is 9.97 Å². The Morgan fingerprint density at radius 1 is 1.44 bits per heavy atom. The second kappa shape index (κ2) is 6.61. The summed E-state index contributed by atoms with van der Waals surface area (Å²) in [5, 5.41) is 3.67. The quantitative estimate of drug-likeness (QED) is 0.921. The van der Waals surface area contributed by atoms with E-state index in [1.807, 2.05) is 6.92 Å². The monoisotopic (exact) mass is 331 g/mol. The first kappa shape index (κ1) is 13.9. The molecule has 0 spiro atoms. The molecule has 3 atom stereocenters. The summed E-state index contributed by atoms with van der Waals surface area (Å²) in [5.41, 5.74) is 0. The number of anilines is 1. The minimum Gasteiger partial charge on any atom is -0.351 e. The summed E-state index contributed by atoms with van der Waals surface area (Å²) in [7, 11) is -0.684. The van der Waals surface area contributed by atoms with E-state index in [1.165, 1.54) is 0 Å². The van der Waals surface area contributed by atoms with Crippen LogP contribution in [0.25, 0.3) is 0 Å². The summed E-state index contributed by atoms with van der Waals surface area (Å²) in [6.07, 6.45) is 7.75. The van der Waals surface area contributed by atoms with Crippen LogP contribution in [0, 0.1) is 0 Å². The van der Waals surface area contributed by atoms with Gasteiger partial charge in [-0.15, -0.1) is 0 Å². The number of aromatic nitrogens is 2. The number of hydrogen-bond donors (Lipinski definition) is 1. The van der Waals surface area contributed by atoms with E-state index < -0.39 is 10.8 Å². The summed E-state index contributed by atoms with van der Waals surface area (Å²) < 4.78 is 12.7. The third-order valence-electron chi connectivity index (χ3n) is 3.24. The van der Waals surface area contributed by atoms with Gasteiger partial charge in [-0.3, -0.25) is 4.21 Å². The zero-order chi connectivity index (χ0) is 13.0. The second-order valence-electron chi connectivity index (χ2n) is 4.52. The van der Waals surface area contributed by atoms with Gasteiger partial charge in [0.2, 0.25) is 5.95 Å². The van der Waals surface area contributed by atoms with Gasteiger partial charge >= 0.3 is 0 Å². The fourth-order valence-corrected chi connectivity index (χ4v) is 3.87. The highest BCUT2D eigenvalue weighted by molar-refractivity contribution is 9.10. The van der Waals surface area contributed by atoms with Gasteiger partial charge in [-0.1, -0.05) is 13.3 Å². The van der Waals surface area contributed by atoms with Crippen molar-refractivity contribution >= 4 is 32.7 Å². The molecule has 1 heterocycles. The van der Waals surface area contributed by atoms with Crippen LogP contribution in [0.3, 0.4) is 0 Å². The van der Waals surface area contributed by atoms with Gasteiger partial charge in [0.1, 0.15) is 0 Å². The molecule has 1 aromatic rings. The standard InChI is InChI=1S/C12H18BrN3OS/c1-2-18(17)11-5-3-4-10(6-11)16-12-14-7-9(13)8-15-12/h7-8,10-11H,2-6H2,1H3,(H,14,15,16). The molecule has 1 aliphatic carbocycles. The maximum atomic E-state index is 11.9. The number of rotatable bonds is 4. The van der Waals surface area contributed by atoms with E-state index in [2.05, 4.69) is 31.2 Å². The van der Waals surface area contributed by atoms with E-state index >= 15 is 0 Å². The van der Waals surface area contributed by atoms with Gasteiger partial charge < -0.3 is 5.32 Å². The molecule has 4 nitrogen and oxygen atoms in total. The minimum absolute atomic E-state index is 0.330. The molecule has 1 N–H and O–H groups in total. The number of hydrogen-bond acceptors (Lipinski definition) is 4. The van der Waals surface area contributed by atoms with Crippen LogP contribution in [-0.4, -0.2) is 31.2 Å². The maximum Gasteiger partial charge on any atom is 0.222 e. The Morgan fingerprint density at radius 2 is 2.17 bits per heavy atom. The Balaban J connectivity index is 1.93. The summed E-state index contributed by atoms with van der Waals surface area (Å²) in [5.74, 6) is 1.41. The van der Waals surface area contributed by atoms with Crippen molar-refractivity contribution in [3.8, 4) is 0 Å². The fraction of sp³-hybridized carbons (Fsp3) is 0.667. The van der Waals surface area contributed by atoms with Crippen molar-refractivity contribution in [1.29, 1.82) is 0 Å². The van der Waals surface area contributed by atoms with Gasteiger partial charge in [0.15, 0.2) is 0 Å². The SMILES string of the molecule is CCS(=O)C1CCCC(Nc2ncc(Br)cn2)C1. The number of halogens is 1. The van der Waals surface area contributed by atoms with Gasteiger partial charge in [-0.05, 0) is 35.2 Å². The molecule has 0 aromatic carbocycles. The Labute approximate surface area is 119 Å². The molecule has 3 unspecified atom stereocenters. The average molecular weight is 332 g/mol. The van der Waals surface area contributed by atoms with Crippen LogP contribution in [-0.2, 0) is 10.8 Å². The smallest absolute Gasteiger partial charge is 0.222 e. The molecule has 1 saturated carbocycles. The van der Waals surface area contributed by atoms with Crippen molar-refractivity contribution in [3.63, 3.8) is 0 Å². The van der Waals surface area contributed by atoms with E-state index in [-0.39, 0.29) is 0 Å². The van der Waals surface area contributed by atoms with E-state index in [9.17, 15) is 4.21 Å². The van der Waals surface area contributed by atoms with Crippen molar-refractivity contribution < 1.29 is 4.21 Å². The largest absolute Gasteiger partial charge is 0.351 e. The summed E-state index contributed by atoms with van der Waals surface area (Å²) in [6.45, 7) is 1.99. The Morgan fingerprint density at radius 3 is 2.83 bits per heavy atom. The molecular formula is C12H18BrN3OS. The lowest BCUT2D eigenvalue weighted by atomic mass is 9.95. The van der Waals surface area contributed by atoms with E-state index in [0.717, 1.165) is 35.9 Å². The van der Waals surface area contributed by atoms with E-state index in [4.69, 9.17) is 0 Å². The van der Waals surface area contributed by atoms with Gasteiger partial charge in [-0.2, -0.15) is 0 Å². The first-order valence-corrected chi connectivity index (χ1v) is 8.47. The summed E-state index contributed by atoms with van der Waals surface area (Å²) in [4.78, 5) is 8.43. The topological polar surface area (TPSA) is 54.9 Å². The van der Waals surface area contributed by atoms with Gasteiger partial charge in [0.25, 0.3) is 0 Å². The highest BCUT2D eigenvalue weighted by Gasteiger charge is 2.25. The lowest BCUT2D eigenvalue weighted by molar-refractivity contribution is 0.463. The fourth-order valence-electron chi connectivity index (χ4n) is 2.32. The number of nitrogens with one attached hydrogen (secondary N) is 1. The normalized spacial score (nSPS) is 25.7. The van der Waals surface area contributed by atoms with Crippen LogP contribution < -0.4 is 5.32 Å². The van der Waals surface area contributed by atoms with Crippen molar-refractivity contribution in [3.05, 3.63) is 16.9 Å². The zero-order valence-corrected chi connectivity index (χ0v) is 12.8. The third-order valence-corrected chi connectivity index (χ3v) is 5.39. The maximum absolute atomic E-state index is 11.9. The van der Waals surface area contributed by atoms with E-state index in [1.54, 1.807) is 12.4 Å². The molecule has 1 aromatic heterocycles. The molecule has 1 fully saturated rings. The van der Waals surface area contributed by atoms with E-state index in [0.29, 0.717) is 17.2 Å². The Hall–Kier alpha value is -0.490. The first-order chi connectivity index (χ1) is 8.69. The van der Waals surface area contributed by atoms with Gasteiger partial charge in [0, 0.05) is 40.2 Å².